The average Bonchev–Trinajstić information content (AvgIpc) is 3.86. The van der Waals surface area contributed by atoms with Crippen LogP contribution in [0.5, 0.6) is 0 Å². The van der Waals surface area contributed by atoms with Crippen molar-refractivity contribution in [2.45, 2.75) is 49.4 Å². The van der Waals surface area contributed by atoms with Crippen molar-refractivity contribution in [1.82, 2.24) is 9.97 Å². The number of pyridine rings is 2. The Kier molecular flexibility index (Phi) is 11.7. The molecule has 1 radical (unpaired) electrons. The smallest absolute Gasteiger partial charge is 0.124 e. The Hall–Kier alpha value is -4.61. The van der Waals surface area contributed by atoms with Crippen molar-refractivity contribution in [1.29, 1.82) is 0 Å². The van der Waals surface area contributed by atoms with Gasteiger partial charge in [0.25, 0.3) is 0 Å². The van der Waals surface area contributed by atoms with E-state index in [4.69, 9.17) is 4.42 Å². The van der Waals surface area contributed by atoms with Crippen LogP contribution in [0.4, 0.5) is 0 Å². The van der Waals surface area contributed by atoms with Crippen LogP contribution in [0.1, 0.15) is 31.2 Å². The second-order valence-electron chi connectivity index (χ2n) is 15.2. The SMILES string of the molecule is [CH3][Ge]([CH3])([CH3])[c]1ccc(-c2[c-]cccc2)nc1.[Ir].[c-]1c(-c2cc(CC3CCCC3)ccn2)ccc2c1oc1cccc(-c3ccc(-c4ccccc4)cc3)c12. The molecule has 1 fully saturated rings. The summed E-state index contributed by atoms with van der Waals surface area (Å²) in [4.78, 5) is 9.20. The maximum atomic E-state index is 6.32. The molecule has 1 aliphatic carbocycles. The van der Waals surface area contributed by atoms with Gasteiger partial charge in [0.05, 0.1) is 5.58 Å². The third-order valence-electron chi connectivity index (χ3n) is 10.4. The van der Waals surface area contributed by atoms with Crippen molar-refractivity contribution in [3.05, 3.63) is 164 Å². The van der Waals surface area contributed by atoms with Crippen LogP contribution in [0.15, 0.2) is 150 Å². The van der Waals surface area contributed by atoms with Crippen molar-refractivity contribution < 1.29 is 24.5 Å². The zero-order valence-electron chi connectivity index (χ0n) is 31.1. The summed E-state index contributed by atoms with van der Waals surface area (Å²) in [6.45, 7) is 0. The topological polar surface area (TPSA) is 38.9 Å². The molecule has 0 bridgehead atoms. The molecule has 54 heavy (non-hydrogen) atoms. The Balaban J connectivity index is 0.000000223. The van der Waals surface area contributed by atoms with Crippen molar-refractivity contribution in [3.63, 3.8) is 0 Å². The van der Waals surface area contributed by atoms with E-state index in [2.05, 4.69) is 136 Å². The van der Waals surface area contributed by atoms with Crippen molar-refractivity contribution in [2.75, 3.05) is 0 Å². The van der Waals surface area contributed by atoms with E-state index < -0.39 is 13.3 Å². The molecule has 5 heteroatoms. The minimum Gasteiger partial charge on any atom is -0.477 e. The van der Waals surface area contributed by atoms with Crippen LogP contribution in [0, 0.1) is 18.1 Å². The molecule has 3 heterocycles. The van der Waals surface area contributed by atoms with E-state index in [-0.39, 0.29) is 20.1 Å². The zero-order chi connectivity index (χ0) is 36.2. The van der Waals surface area contributed by atoms with Crippen LogP contribution in [0.2, 0.25) is 17.3 Å². The summed E-state index contributed by atoms with van der Waals surface area (Å²) in [6, 6.07) is 53.3. The molecule has 8 aromatic rings. The summed E-state index contributed by atoms with van der Waals surface area (Å²) in [6.07, 6.45) is 10.6. The predicted molar refractivity (Wildman–Crippen MR) is 224 cm³/mol. The summed E-state index contributed by atoms with van der Waals surface area (Å²) in [5, 5.41) is 2.22. The fraction of sp³-hybridized carbons (Fsp3) is 0.184. The molecule has 0 N–H and O–H groups in total. The first-order valence-electron chi connectivity index (χ1n) is 18.8. The van der Waals surface area contributed by atoms with Gasteiger partial charge in [-0.05, 0) is 57.8 Å². The average molecular weight is 942 g/mol. The van der Waals surface area contributed by atoms with Crippen LogP contribution < -0.4 is 4.40 Å². The van der Waals surface area contributed by atoms with Crippen molar-refractivity contribution in [3.8, 4) is 44.8 Å². The molecule has 0 spiro atoms. The van der Waals surface area contributed by atoms with Gasteiger partial charge in [-0.2, -0.15) is 0 Å². The monoisotopic (exact) mass is 943 g/mol. The summed E-state index contributed by atoms with van der Waals surface area (Å²) in [7, 11) is 0. The predicted octanol–water partition coefficient (Wildman–Crippen LogP) is 12.6. The molecule has 1 saturated carbocycles. The number of furan rings is 1. The molecule has 0 amide bonds. The first kappa shape index (κ1) is 37.7. The number of benzene rings is 5. The molecular formula is C49H44GeIrN2O-2. The van der Waals surface area contributed by atoms with Gasteiger partial charge in [0.15, 0.2) is 0 Å². The van der Waals surface area contributed by atoms with Crippen LogP contribution >= 0.6 is 0 Å². The van der Waals surface area contributed by atoms with Crippen LogP contribution in [-0.4, -0.2) is 23.2 Å². The largest absolute Gasteiger partial charge is 0.477 e. The Morgan fingerprint density at radius 1 is 0.685 bits per heavy atom. The second kappa shape index (κ2) is 16.8. The van der Waals surface area contributed by atoms with Crippen LogP contribution in [0.3, 0.4) is 0 Å². The number of aromatic nitrogens is 2. The standard InChI is InChI=1S/C35H28NO.C14H16GeN.Ir/c1-2-9-26(10-3-1)27-13-15-28(16-14-27)30-11-6-12-33-35(30)31-18-17-29(23-34(31)37-33)32-22-25(19-20-36-32)21-24-7-4-5-8-24;1-15(2,3)13-9-10-14(16-11-13)12-7-5-4-6-8-12;/h1-3,6,9-20,22,24H,4-5,7-8,21H2;4-7,9-11H,1-3H3;/q2*-1;. The van der Waals surface area contributed by atoms with Gasteiger partial charge in [-0.1, -0.05) is 115 Å². The van der Waals surface area contributed by atoms with E-state index in [1.54, 1.807) is 0 Å². The molecule has 271 valence electrons. The second-order valence-corrected chi connectivity index (χ2v) is 25.9. The van der Waals surface area contributed by atoms with E-state index >= 15 is 0 Å². The quantitative estimate of drug-likeness (QED) is 0.118. The van der Waals surface area contributed by atoms with Crippen molar-refractivity contribution in [2.24, 2.45) is 5.92 Å². The van der Waals surface area contributed by atoms with Gasteiger partial charge in [0.1, 0.15) is 5.58 Å². The third kappa shape index (κ3) is 8.52. The first-order valence-corrected chi connectivity index (χ1v) is 26.2. The minimum absolute atomic E-state index is 0. The fourth-order valence-electron chi connectivity index (χ4n) is 7.46. The van der Waals surface area contributed by atoms with E-state index in [0.29, 0.717) is 0 Å². The van der Waals surface area contributed by atoms with Gasteiger partial charge in [-0.15, -0.1) is 17.7 Å². The van der Waals surface area contributed by atoms with Crippen molar-refractivity contribution >= 4 is 39.6 Å². The van der Waals surface area contributed by atoms with E-state index in [1.165, 1.54) is 57.9 Å². The van der Waals surface area contributed by atoms with Gasteiger partial charge in [-0.25, -0.2) is 0 Å². The molecule has 9 rings (SSSR count). The number of hydrogen-bond acceptors (Lipinski definition) is 3. The van der Waals surface area contributed by atoms with Crippen LogP contribution in [0.25, 0.3) is 66.7 Å². The maximum Gasteiger partial charge on any atom is 0.124 e. The molecule has 5 aromatic carbocycles. The first-order chi connectivity index (χ1) is 25.9. The van der Waals surface area contributed by atoms with Gasteiger partial charge < -0.3 is 9.40 Å². The van der Waals surface area contributed by atoms with Crippen LogP contribution in [-0.2, 0) is 26.5 Å². The molecule has 1 aliphatic rings. The fourth-order valence-corrected chi connectivity index (χ4v) is 9.64. The van der Waals surface area contributed by atoms with Gasteiger partial charge in [0, 0.05) is 26.3 Å². The summed E-state index contributed by atoms with van der Waals surface area (Å²) >= 11 is -1.72. The molecule has 0 aliphatic heterocycles. The minimum atomic E-state index is -1.72. The summed E-state index contributed by atoms with van der Waals surface area (Å²) in [5.41, 5.74) is 11.9. The molecule has 0 atom stereocenters. The number of hydrogen-bond donors (Lipinski definition) is 0. The van der Waals surface area contributed by atoms with E-state index in [9.17, 15) is 0 Å². The third-order valence-corrected chi connectivity index (χ3v) is 14.7. The summed E-state index contributed by atoms with van der Waals surface area (Å²) < 4.78 is 7.77. The number of rotatable bonds is 7. The Labute approximate surface area is 335 Å². The number of nitrogens with zero attached hydrogens (tertiary/aromatic N) is 2. The molecular weight excluding hydrogens is 897 g/mol. The Bertz CT molecular complexity index is 2450. The zero-order valence-corrected chi connectivity index (χ0v) is 35.6. The molecule has 0 saturated heterocycles. The van der Waals surface area contributed by atoms with E-state index in [0.717, 1.165) is 56.8 Å². The normalized spacial score (nSPS) is 13.0. The van der Waals surface area contributed by atoms with Gasteiger partial charge in [-0.3, -0.25) is 0 Å². The Morgan fingerprint density at radius 3 is 2.17 bits per heavy atom. The van der Waals surface area contributed by atoms with Gasteiger partial charge >= 0.3 is 99.8 Å². The Morgan fingerprint density at radius 2 is 1.44 bits per heavy atom. The maximum absolute atomic E-state index is 6.32. The van der Waals surface area contributed by atoms with Gasteiger partial charge in [0.2, 0.25) is 0 Å². The molecule has 3 nitrogen and oxygen atoms in total. The molecule has 3 aromatic heterocycles. The summed E-state index contributed by atoms with van der Waals surface area (Å²) in [5.74, 6) is 7.96. The number of fused-ring (bicyclic) bond motifs is 3. The molecule has 0 unspecified atom stereocenters. The van der Waals surface area contributed by atoms with E-state index in [1.807, 2.05) is 48.8 Å².